The van der Waals surface area contributed by atoms with Crippen LogP contribution in [0.5, 0.6) is 5.75 Å². The van der Waals surface area contributed by atoms with E-state index >= 15 is 0 Å². The molecule has 0 amide bonds. The SMILES string of the molecule is COc1cc(NN=C(C#N)C#N)ccc1-n1cnc(C)c1. The number of rotatable bonds is 4. The highest BCUT2D eigenvalue weighted by molar-refractivity contribution is 6.10. The van der Waals surface area contributed by atoms with Crippen molar-refractivity contribution in [3.05, 3.63) is 36.4 Å². The molecule has 0 radical (unpaired) electrons. The predicted octanol–water partition coefficient (Wildman–Crippen LogP) is 2.00. The van der Waals surface area contributed by atoms with Crippen molar-refractivity contribution in [2.75, 3.05) is 12.5 Å². The highest BCUT2D eigenvalue weighted by atomic mass is 16.5. The van der Waals surface area contributed by atoms with Crippen LogP contribution in [0, 0.1) is 29.6 Å². The maximum Gasteiger partial charge on any atom is 0.237 e. The smallest absolute Gasteiger partial charge is 0.237 e. The number of methoxy groups -OCH3 is 1. The zero-order valence-corrected chi connectivity index (χ0v) is 11.5. The van der Waals surface area contributed by atoms with Gasteiger partial charge >= 0.3 is 0 Å². The maximum atomic E-state index is 8.62. The zero-order chi connectivity index (χ0) is 15.2. The lowest BCUT2D eigenvalue weighted by Gasteiger charge is -2.10. The molecule has 0 aliphatic rings. The number of nitrogens with one attached hydrogen (secondary N) is 1. The second kappa shape index (κ2) is 6.22. The van der Waals surface area contributed by atoms with Gasteiger partial charge < -0.3 is 9.30 Å². The topological polar surface area (TPSA) is 99.0 Å². The number of aryl methyl sites for hydroxylation is 1. The van der Waals surface area contributed by atoms with Crippen molar-refractivity contribution in [2.45, 2.75) is 6.92 Å². The van der Waals surface area contributed by atoms with Gasteiger partial charge in [0.15, 0.2) is 0 Å². The van der Waals surface area contributed by atoms with Crippen molar-refractivity contribution in [1.29, 1.82) is 10.5 Å². The summed E-state index contributed by atoms with van der Waals surface area (Å²) in [6.45, 7) is 1.90. The van der Waals surface area contributed by atoms with Crippen LogP contribution in [0.3, 0.4) is 0 Å². The van der Waals surface area contributed by atoms with E-state index in [2.05, 4.69) is 15.5 Å². The van der Waals surface area contributed by atoms with Crippen molar-refractivity contribution in [1.82, 2.24) is 9.55 Å². The van der Waals surface area contributed by atoms with Crippen LogP contribution >= 0.6 is 0 Å². The summed E-state index contributed by atoms with van der Waals surface area (Å²) in [7, 11) is 1.56. The first-order chi connectivity index (χ1) is 10.2. The van der Waals surface area contributed by atoms with Crippen LogP contribution in [0.1, 0.15) is 5.69 Å². The second-order valence-electron chi connectivity index (χ2n) is 4.10. The van der Waals surface area contributed by atoms with Gasteiger partial charge in [-0.2, -0.15) is 15.6 Å². The molecule has 21 heavy (non-hydrogen) atoms. The minimum absolute atomic E-state index is 0.247. The number of nitrogens with zero attached hydrogens (tertiary/aromatic N) is 5. The molecule has 0 spiro atoms. The fourth-order valence-electron chi connectivity index (χ4n) is 1.71. The van der Waals surface area contributed by atoms with Gasteiger partial charge in [0.2, 0.25) is 5.71 Å². The van der Waals surface area contributed by atoms with Gasteiger partial charge in [-0.1, -0.05) is 0 Å². The third kappa shape index (κ3) is 3.17. The van der Waals surface area contributed by atoms with E-state index in [4.69, 9.17) is 15.3 Å². The lowest BCUT2D eigenvalue weighted by atomic mass is 10.2. The normalized spacial score (nSPS) is 9.33. The second-order valence-corrected chi connectivity index (χ2v) is 4.10. The average molecular weight is 280 g/mol. The van der Waals surface area contributed by atoms with Crippen molar-refractivity contribution in [3.8, 4) is 23.6 Å². The Kier molecular flexibility index (Phi) is 4.17. The lowest BCUT2D eigenvalue weighted by molar-refractivity contribution is 0.413. The zero-order valence-electron chi connectivity index (χ0n) is 11.5. The van der Waals surface area contributed by atoms with E-state index in [-0.39, 0.29) is 5.71 Å². The molecule has 0 aliphatic heterocycles. The Labute approximate surface area is 121 Å². The van der Waals surface area contributed by atoms with Gasteiger partial charge in [0.1, 0.15) is 17.9 Å². The number of imidazole rings is 1. The Morgan fingerprint density at radius 2 is 2.14 bits per heavy atom. The molecule has 1 heterocycles. The van der Waals surface area contributed by atoms with Crippen LogP contribution in [-0.4, -0.2) is 22.4 Å². The summed E-state index contributed by atoms with van der Waals surface area (Å²) in [5.74, 6) is 0.614. The first-order valence-electron chi connectivity index (χ1n) is 6.01. The molecule has 1 N–H and O–H groups in total. The van der Waals surface area contributed by atoms with E-state index in [1.165, 1.54) is 0 Å². The Bertz CT molecular complexity index is 747. The molecule has 2 rings (SSSR count). The van der Waals surface area contributed by atoms with Crippen LogP contribution < -0.4 is 10.2 Å². The standard InChI is InChI=1S/C14H12N6O/c1-10-8-20(9-17-10)13-4-3-11(5-14(13)21-2)18-19-12(6-15)7-16/h3-5,8-9,18H,1-2H3. The molecular weight excluding hydrogens is 268 g/mol. The Hall–Kier alpha value is -3.32. The summed E-state index contributed by atoms with van der Waals surface area (Å²) in [4.78, 5) is 4.17. The van der Waals surface area contributed by atoms with Crippen LogP contribution in [0.2, 0.25) is 0 Å². The summed E-state index contributed by atoms with van der Waals surface area (Å²) in [5.41, 5.74) is 4.73. The van der Waals surface area contributed by atoms with Gasteiger partial charge in [0, 0.05) is 12.3 Å². The Balaban J connectivity index is 2.31. The first-order valence-corrected chi connectivity index (χ1v) is 6.01. The summed E-state index contributed by atoms with van der Waals surface area (Å²) in [6.07, 6.45) is 3.58. The van der Waals surface area contributed by atoms with Crippen molar-refractivity contribution < 1.29 is 4.74 Å². The number of aromatic nitrogens is 2. The number of nitriles is 2. The molecule has 0 atom stereocenters. The molecule has 0 unspecified atom stereocenters. The van der Waals surface area contributed by atoms with Gasteiger partial charge in [-0.05, 0) is 19.1 Å². The van der Waals surface area contributed by atoms with E-state index in [9.17, 15) is 0 Å². The third-order valence-corrected chi connectivity index (χ3v) is 2.68. The van der Waals surface area contributed by atoms with E-state index in [1.54, 1.807) is 37.7 Å². The fourth-order valence-corrected chi connectivity index (χ4v) is 1.71. The minimum Gasteiger partial charge on any atom is -0.494 e. The van der Waals surface area contributed by atoms with Crippen molar-refractivity contribution in [2.24, 2.45) is 5.10 Å². The van der Waals surface area contributed by atoms with Crippen LogP contribution in [0.25, 0.3) is 5.69 Å². The monoisotopic (exact) mass is 280 g/mol. The van der Waals surface area contributed by atoms with Crippen molar-refractivity contribution in [3.63, 3.8) is 0 Å². The van der Waals surface area contributed by atoms with Gasteiger partial charge in [0.25, 0.3) is 0 Å². The molecule has 7 nitrogen and oxygen atoms in total. The largest absolute Gasteiger partial charge is 0.494 e. The highest BCUT2D eigenvalue weighted by Crippen LogP contribution is 2.26. The fraction of sp³-hybridized carbons (Fsp3) is 0.143. The molecule has 7 heteroatoms. The molecule has 1 aromatic carbocycles. The third-order valence-electron chi connectivity index (χ3n) is 2.68. The van der Waals surface area contributed by atoms with E-state index in [1.807, 2.05) is 23.8 Å². The summed E-state index contributed by atoms with van der Waals surface area (Å²) in [6, 6.07) is 8.67. The molecular formula is C14H12N6O. The predicted molar refractivity (Wildman–Crippen MR) is 77.1 cm³/mol. The number of hydrogen-bond acceptors (Lipinski definition) is 6. The molecule has 0 fully saturated rings. The molecule has 0 saturated heterocycles. The number of hydrogen-bond donors (Lipinski definition) is 1. The molecule has 1 aromatic heterocycles. The number of anilines is 1. The Morgan fingerprint density at radius 1 is 1.38 bits per heavy atom. The van der Waals surface area contributed by atoms with E-state index in [0.717, 1.165) is 11.4 Å². The minimum atomic E-state index is -0.247. The van der Waals surface area contributed by atoms with Gasteiger partial charge in [-0.3, -0.25) is 5.43 Å². The average Bonchev–Trinajstić information content (AvgIpc) is 2.94. The molecule has 0 aliphatic carbocycles. The van der Waals surface area contributed by atoms with Crippen LogP contribution in [0.4, 0.5) is 5.69 Å². The summed E-state index contributed by atoms with van der Waals surface area (Å²) < 4.78 is 7.19. The van der Waals surface area contributed by atoms with Crippen LogP contribution in [0.15, 0.2) is 35.8 Å². The Morgan fingerprint density at radius 3 is 2.71 bits per heavy atom. The van der Waals surface area contributed by atoms with Crippen molar-refractivity contribution >= 4 is 11.4 Å². The number of ether oxygens (including phenoxy) is 1. The van der Waals surface area contributed by atoms with Gasteiger partial charge in [-0.25, -0.2) is 4.98 Å². The number of benzene rings is 1. The molecule has 104 valence electrons. The maximum absolute atomic E-state index is 8.62. The van der Waals surface area contributed by atoms with Gasteiger partial charge in [-0.15, -0.1) is 0 Å². The van der Waals surface area contributed by atoms with E-state index < -0.39 is 0 Å². The first kappa shape index (κ1) is 14.1. The molecule has 0 bridgehead atoms. The molecule has 0 saturated carbocycles. The number of hydrazone groups is 1. The van der Waals surface area contributed by atoms with Crippen LogP contribution in [-0.2, 0) is 0 Å². The van der Waals surface area contributed by atoms with E-state index in [0.29, 0.717) is 11.4 Å². The quantitative estimate of drug-likeness (QED) is 0.682. The summed E-state index contributed by atoms with van der Waals surface area (Å²) >= 11 is 0. The van der Waals surface area contributed by atoms with Gasteiger partial charge in [0.05, 0.1) is 30.5 Å². The molecule has 2 aromatic rings. The summed E-state index contributed by atoms with van der Waals surface area (Å²) in [5, 5.41) is 20.9. The highest BCUT2D eigenvalue weighted by Gasteiger charge is 2.07. The lowest BCUT2D eigenvalue weighted by Crippen LogP contribution is -1.99.